The molecule has 0 aromatic carbocycles. The fraction of sp³-hybridized carbons (Fsp3) is 0.700. The van der Waals surface area contributed by atoms with Crippen LogP contribution in [0.25, 0.3) is 0 Å². The number of nitrogens with one attached hydrogen (secondary N) is 1. The van der Waals surface area contributed by atoms with Gasteiger partial charge in [0.15, 0.2) is 0 Å². The van der Waals surface area contributed by atoms with Gasteiger partial charge in [0.25, 0.3) is 0 Å². The van der Waals surface area contributed by atoms with E-state index in [0.29, 0.717) is 6.54 Å². The minimum Gasteiger partial charge on any atom is -0.396 e. The number of carbonyl (C=O) groups is 1. The Kier molecular flexibility index (Phi) is 7.61. The molecule has 82 valence electrons. The molecule has 0 aliphatic carbocycles. The molecular weight excluding hydrogens is 198 g/mol. The van der Waals surface area contributed by atoms with Crippen LogP contribution >= 0.6 is 11.8 Å². The molecular formula is C10H19NO2S. The van der Waals surface area contributed by atoms with Crippen LogP contribution in [-0.4, -0.2) is 35.2 Å². The van der Waals surface area contributed by atoms with Crippen LogP contribution in [0, 0.1) is 5.92 Å². The minimum absolute atomic E-state index is 0.0278. The molecule has 2 N–H and O–H groups in total. The average molecular weight is 217 g/mol. The van der Waals surface area contributed by atoms with Crippen LogP contribution in [0.5, 0.6) is 0 Å². The number of thioether (sulfide) groups is 1. The third-order valence-corrected chi connectivity index (χ3v) is 3.21. The number of hydrogen-bond donors (Lipinski definition) is 2. The molecule has 14 heavy (non-hydrogen) atoms. The number of aliphatic hydroxyl groups excluding tert-OH is 1. The lowest BCUT2D eigenvalue weighted by Gasteiger charge is -2.13. The van der Waals surface area contributed by atoms with E-state index in [1.807, 2.05) is 13.8 Å². The van der Waals surface area contributed by atoms with E-state index < -0.39 is 0 Å². The zero-order valence-electron chi connectivity index (χ0n) is 8.82. The van der Waals surface area contributed by atoms with Crippen LogP contribution in [0.2, 0.25) is 0 Å². The second-order valence-electron chi connectivity index (χ2n) is 3.30. The summed E-state index contributed by atoms with van der Waals surface area (Å²) in [6.45, 7) is 8.04. The van der Waals surface area contributed by atoms with Gasteiger partial charge >= 0.3 is 0 Å². The van der Waals surface area contributed by atoms with E-state index >= 15 is 0 Å². The van der Waals surface area contributed by atoms with Gasteiger partial charge in [-0.15, -0.1) is 18.3 Å². The van der Waals surface area contributed by atoms with Crippen molar-refractivity contribution in [2.24, 2.45) is 5.92 Å². The van der Waals surface area contributed by atoms with Gasteiger partial charge in [-0.2, -0.15) is 0 Å². The lowest BCUT2D eigenvalue weighted by molar-refractivity contribution is -0.120. The van der Waals surface area contributed by atoms with Crippen LogP contribution < -0.4 is 5.32 Å². The molecule has 0 saturated carbocycles. The smallest absolute Gasteiger partial charge is 0.233 e. The van der Waals surface area contributed by atoms with Crippen molar-refractivity contribution in [3.8, 4) is 0 Å². The van der Waals surface area contributed by atoms with Crippen molar-refractivity contribution in [2.45, 2.75) is 19.1 Å². The summed E-state index contributed by atoms with van der Waals surface area (Å²) < 4.78 is 0. The van der Waals surface area contributed by atoms with Crippen LogP contribution in [0.3, 0.4) is 0 Å². The molecule has 0 bridgehead atoms. The molecule has 0 rings (SSSR count). The van der Waals surface area contributed by atoms with Gasteiger partial charge in [0, 0.05) is 13.2 Å². The molecule has 4 heteroatoms. The summed E-state index contributed by atoms with van der Waals surface area (Å²) in [4.78, 5) is 11.4. The molecule has 0 radical (unpaired) electrons. The van der Waals surface area contributed by atoms with Crippen LogP contribution in [0.4, 0.5) is 0 Å². The SMILES string of the molecule is C=CCNC(=O)C(C)SCC(C)CO. The monoisotopic (exact) mass is 217 g/mol. The van der Waals surface area contributed by atoms with Crippen LogP contribution in [-0.2, 0) is 4.79 Å². The van der Waals surface area contributed by atoms with Gasteiger partial charge in [0.2, 0.25) is 5.91 Å². The van der Waals surface area contributed by atoms with Crippen LogP contribution in [0.15, 0.2) is 12.7 Å². The molecule has 0 aliphatic rings. The summed E-state index contributed by atoms with van der Waals surface area (Å²) in [6, 6.07) is 0. The average Bonchev–Trinajstić information content (AvgIpc) is 2.21. The van der Waals surface area contributed by atoms with E-state index in [9.17, 15) is 4.79 Å². The second kappa shape index (κ2) is 7.88. The first-order valence-corrected chi connectivity index (χ1v) is 5.77. The van der Waals surface area contributed by atoms with Crippen molar-refractivity contribution in [3.63, 3.8) is 0 Å². The first kappa shape index (κ1) is 13.5. The van der Waals surface area contributed by atoms with Crippen LogP contribution in [0.1, 0.15) is 13.8 Å². The maximum atomic E-state index is 11.4. The number of hydrogen-bond acceptors (Lipinski definition) is 3. The summed E-state index contributed by atoms with van der Waals surface area (Å²) in [5, 5.41) is 11.5. The fourth-order valence-corrected chi connectivity index (χ4v) is 1.71. The number of aliphatic hydroxyl groups is 1. The normalized spacial score (nSPS) is 14.5. The molecule has 2 unspecified atom stereocenters. The molecule has 1 amide bonds. The Hall–Kier alpha value is -0.480. The van der Waals surface area contributed by atoms with Crippen molar-refractivity contribution in [2.75, 3.05) is 18.9 Å². The highest BCUT2D eigenvalue weighted by Gasteiger charge is 2.13. The number of rotatable bonds is 7. The zero-order chi connectivity index (χ0) is 11.0. The highest BCUT2D eigenvalue weighted by molar-refractivity contribution is 8.00. The number of carbonyl (C=O) groups excluding carboxylic acids is 1. The Labute approximate surface area is 90.0 Å². The molecule has 2 atom stereocenters. The zero-order valence-corrected chi connectivity index (χ0v) is 9.64. The van der Waals surface area contributed by atoms with Gasteiger partial charge < -0.3 is 10.4 Å². The van der Waals surface area contributed by atoms with Gasteiger partial charge in [-0.1, -0.05) is 13.0 Å². The second-order valence-corrected chi connectivity index (χ2v) is 4.67. The number of amides is 1. The van der Waals surface area contributed by atoms with E-state index in [1.165, 1.54) is 0 Å². The first-order valence-electron chi connectivity index (χ1n) is 4.72. The maximum Gasteiger partial charge on any atom is 0.233 e. The fourth-order valence-electron chi connectivity index (χ4n) is 0.753. The summed E-state index contributed by atoms with van der Waals surface area (Å²) >= 11 is 1.56. The summed E-state index contributed by atoms with van der Waals surface area (Å²) in [7, 11) is 0. The van der Waals surface area contributed by atoms with E-state index in [0.717, 1.165) is 5.75 Å². The highest BCUT2D eigenvalue weighted by Crippen LogP contribution is 2.14. The Bertz CT molecular complexity index is 185. The Morgan fingerprint density at radius 1 is 1.64 bits per heavy atom. The van der Waals surface area contributed by atoms with E-state index in [1.54, 1.807) is 17.8 Å². The molecule has 0 aliphatic heterocycles. The van der Waals surface area contributed by atoms with Gasteiger partial charge in [0.05, 0.1) is 5.25 Å². The third-order valence-electron chi connectivity index (χ3n) is 1.73. The molecule has 0 aromatic rings. The van der Waals surface area contributed by atoms with Crippen molar-refractivity contribution >= 4 is 17.7 Å². The topological polar surface area (TPSA) is 49.3 Å². The molecule has 0 aromatic heterocycles. The Morgan fingerprint density at radius 3 is 2.79 bits per heavy atom. The first-order chi connectivity index (χ1) is 6.61. The van der Waals surface area contributed by atoms with Crippen molar-refractivity contribution < 1.29 is 9.90 Å². The summed E-state index contributed by atoms with van der Waals surface area (Å²) in [5.74, 6) is 1.08. The summed E-state index contributed by atoms with van der Waals surface area (Å²) in [5.41, 5.74) is 0. The highest BCUT2D eigenvalue weighted by atomic mass is 32.2. The van der Waals surface area contributed by atoms with Crippen molar-refractivity contribution in [3.05, 3.63) is 12.7 Å². The maximum absolute atomic E-state index is 11.4. The van der Waals surface area contributed by atoms with Crippen molar-refractivity contribution in [1.82, 2.24) is 5.32 Å². The van der Waals surface area contributed by atoms with E-state index in [4.69, 9.17) is 5.11 Å². The van der Waals surface area contributed by atoms with Crippen molar-refractivity contribution in [1.29, 1.82) is 0 Å². The lowest BCUT2D eigenvalue weighted by Crippen LogP contribution is -2.31. The van der Waals surface area contributed by atoms with Gasteiger partial charge in [-0.05, 0) is 18.6 Å². The van der Waals surface area contributed by atoms with Gasteiger partial charge in [-0.3, -0.25) is 4.79 Å². The molecule has 0 saturated heterocycles. The summed E-state index contributed by atoms with van der Waals surface area (Å²) in [6.07, 6.45) is 1.66. The quantitative estimate of drug-likeness (QED) is 0.626. The molecule has 0 fully saturated rings. The third kappa shape index (κ3) is 6.05. The minimum atomic E-state index is -0.0658. The lowest BCUT2D eigenvalue weighted by atomic mass is 10.2. The predicted octanol–water partition coefficient (Wildman–Crippen LogP) is 1.04. The van der Waals surface area contributed by atoms with E-state index in [2.05, 4.69) is 11.9 Å². The standard InChI is InChI=1S/C10H19NO2S/c1-4-5-11-10(13)9(3)14-7-8(2)6-12/h4,8-9,12H,1,5-7H2,2-3H3,(H,11,13). The molecule has 0 heterocycles. The molecule has 0 spiro atoms. The molecule has 3 nitrogen and oxygen atoms in total. The predicted molar refractivity (Wildman–Crippen MR) is 61.4 cm³/mol. The van der Waals surface area contributed by atoms with Gasteiger partial charge in [0.1, 0.15) is 0 Å². The van der Waals surface area contributed by atoms with E-state index in [-0.39, 0.29) is 23.7 Å². The largest absolute Gasteiger partial charge is 0.396 e. The Morgan fingerprint density at radius 2 is 2.29 bits per heavy atom. The Balaban J connectivity index is 3.66. The van der Waals surface area contributed by atoms with Gasteiger partial charge in [-0.25, -0.2) is 0 Å².